The van der Waals surface area contributed by atoms with E-state index in [1.165, 1.54) is 17.5 Å². The predicted molar refractivity (Wildman–Crippen MR) is 79.3 cm³/mol. The Morgan fingerprint density at radius 1 is 0.944 bits per heavy atom. The number of fused-ring (bicyclic) bond motifs is 1. The minimum atomic E-state index is 0.227. The maximum Gasteiger partial charge on any atom is 0.0211 e. The average molecular weight is 245 g/mol. The number of nitrogens with one attached hydrogen (secondary N) is 1. The van der Waals surface area contributed by atoms with E-state index in [1.807, 2.05) is 0 Å². The van der Waals surface area contributed by atoms with E-state index in [-0.39, 0.29) is 10.8 Å². The molecular weight excluding hydrogens is 218 g/mol. The fourth-order valence-electron chi connectivity index (χ4n) is 2.70. The molecule has 0 amide bonds. The van der Waals surface area contributed by atoms with Crippen LogP contribution in [0, 0.1) is 0 Å². The highest BCUT2D eigenvalue weighted by molar-refractivity contribution is 5.45. The number of hydrogen-bond acceptors (Lipinski definition) is 1. The van der Waals surface area contributed by atoms with Crippen LogP contribution in [-0.2, 0) is 23.8 Å². The van der Waals surface area contributed by atoms with Gasteiger partial charge < -0.3 is 5.32 Å². The van der Waals surface area contributed by atoms with Crippen LogP contribution in [0.3, 0.4) is 0 Å². The molecule has 1 aromatic rings. The summed E-state index contributed by atoms with van der Waals surface area (Å²) < 4.78 is 0. The quantitative estimate of drug-likeness (QED) is 0.730. The summed E-state index contributed by atoms with van der Waals surface area (Å²) in [6.45, 7) is 16.0. The molecule has 1 heteroatoms. The minimum absolute atomic E-state index is 0.227. The molecule has 0 aromatic heterocycles. The maximum atomic E-state index is 3.51. The molecule has 1 heterocycles. The van der Waals surface area contributed by atoms with Gasteiger partial charge in [-0.1, -0.05) is 53.7 Å². The van der Waals surface area contributed by atoms with Crippen molar-refractivity contribution in [2.75, 3.05) is 6.54 Å². The SMILES string of the molecule is CC(C)(C)c1cc2c(c(C(C)(C)C)c1)CNCC2. The van der Waals surface area contributed by atoms with Gasteiger partial charge in [0.15, 0.2) is 0 Å². The molecule has 0 radical (unpaired) electrons. The molecule has 1 aliphatic heterocycles. The van der Waals surface area contributed by atoms with Crippen molar-refractivity contribution >= 4 is 0 Å². The van der Waals surface area contributed by atoms with Crippen molar-refractivity contribution < 1.29 is 0 Å². The molecule has 0 aliphatic carbocycles. The lowest BCUT2D eigenvalue weighted by Crippen LogP contribution is -2.29. The Hall–Kier alpha value is -0.820. The molecule has 0 unspecified atom stereocenters. The van der Waals surface area contributed by atoms with Gasteiger partial charge in [0.1, 0.15) is 0 Å². The van der Waals surface area contributed by atoms with E-state index in [9.17, 15) is 0 Å². The highest BCUT2D eigenvalue weighted by Gasteiger charge is 2.25. The summed E-state index contributed by atoms with van der Waals surface area (Å²) in [7, 11) is 0. The summed E-state index contributed by atoms with van der Waals surface area (Å²) >= 11 is 0. The minimum Gasteiger partial charge on any atom is -0.312 e. The van der Waals surface area contributed by atoms with E-state index in [4.69, 9.17) is 0 Å². The second-order valence-corrected chi connectivity index (χ2v) is 7.59. The monoisotopic (exact) mass is 245 g/mol. The smallest absolute Gasteiger partial charge is 0.0211 e. The van der Waals surface area contributed by atoms with Crippen molar-refractivity contribution in [1.29, 1.82) is 0 Å². The molecule has 0 saturated carbocycles. The molecule has 0 bridgehead atoms. The number of hydrogen-bond donors (Lipinski definition) is 1. The highest BCUT2D eigenvalue weighted by atomic mass is 14.9. The van der Waals surface area contributed by atoms with E-state index in [0.717, 1.165) is 13.1 Å². The van der Waals surface area contributed by atoms with Gasteiger partial charge in [-0.15, -0.1) is 0 Å². The number of benzene rings is 1. The lowest BCUT2D eigenvalue weighted by atomic mass is 9.76. The zero-order chi connectivity index (χ0) is 13.6. The van der Waals surface area contributed by atoms with Gasteiger partial charge in [-0.3, -0.25) is 0 Å². The summed E-state index contributed by atoms with van der Waals surface area (Å²) in [5.41, 5.74) is 6.57. The molecule has 18 heavy (non-hydrogen) atoms. The lowest BCUT2D eigenvalue weighted by molar-refractivity contribution is 0.544. The van der Waals surface area contributed by atoms with Gasteiger partial charge in [0.2, 0.25) is 0 Å². The van der Waals surface area contributed by atoms with Crippen LogP contribution in [0.4, 0.5) is 0 Å². The molecule has 1 nitrogen and oxygen atoms in total. The molecule has 1 N–H and O–H groups in total. The van der Waals surface area contributed by atoms with Crippen molar-refractivity contribution in [3.05, 3.63) is 34.4 Å². The van der Waals surface area contributed by atoms with Crippen molar-refractivity contribution in [3.63, 3.8) is 0 Å². The van der Waals surface area contributed by atoms with Gasteiger partial charge >= 0.3 is 0 Å². The van der Waals surface area contributed by atoms with Crippen LogP contribution >= 0.6 is 0 Å². The molecule has 0 saturated heterocycles. The molecule has 100 valence electrons. The Kier molecular flexibility index (Phi) is 3.31. The number of rotatable bonds is 0. The van der Waals surface area contributed by atoms with Gasteiger partial charge in [-0.25, -0.2) is 0 Å². The first kappa shape index (κ1) is 13.6. The highest BCUT2D eigenvalue weighted by Crippen LogP contribution is 2.34. The summed E-state index contributed by atoms with van der Waals surface area (Å²) in [6.07, 6.45) is 1.17. The summed E-state index contributed by atoms with van der Waals surface area (Å²) in [4.78, 5) is 0. The zero-order valence-electron chi connectivity index (χ0n) is 12.8. The first-order chi connectivity index (χ1) is 8.19. The zero-order valence-corrected chi connectivity index (χ0v) is 12.8. The normalized spacial score (nSPS) is 16.6. The largest absolute Gasteiger partial charge is 0.312 e. The first-order valence-corrected chi connectivity index (χ1v) is 7.07. The van der Waals surface area contributed by atoms with Crippen molar-refractivity contribution in [3.8, 4) is 0 Å². The van der Waals surface area contributed by atoms with Crippen LogP contribution in [0.1, 0.15) is 63.8 Å². The van der Waals surface area contributed by atoms with E-state index < -0.39 is 0 Å². The second kappa shape index (κ2) is 4.38. The summed E-state index contributed by atoms with van der Waals surface area (Å²) in [5, 5.41) is 3.51. The van der Waals surface area contributed by atoms with E-state index >= 15 is 0 Å². The molecule has 0 fully saturated rings. The van der Waals surface area contributed by atoms with Crippen LogP contribution in [-0.4, -0.2) is 6.54 Å². The molecular formula is C17H27N. The van der Waals surface area contributed by atoms with Gasteiger partial charge in [0.25, 0.3) is 0 Å². The Morgan fingerprint density at radius 2 is 1.61 bits per heavy atom. The standard InChI is InChI=1S/C17H27N/c1-16(2,3)13-9-12-7-8-18-11-14(12)15(10-13)17(4,5)6/h9-10,18H,7-8,11H2,1-6H3. The fraction of sp³-hybridized carbons (Fsp3) is 0.647. The first-order valence-electron chi connectivity index (χ1n) is 7.07. The van der Waals surface area contributed by atoms with Crippen LogP contribution in [0.5, 0.6) is 0 Å². The predicted octanol–water partition coefficient (Wildman–Crippen LogP) is 3.93. The van der Waals surface area contributed by atoms with Crippen molar-refractivity contribution in [2.24, 2.45) is 0 Å². The van der Waals surface area contributed by atoms with Gasteiger partial charge in [-0.2, -0.15) is 0 Å². The van der Waals surface area contributed by atoms with Crippen LogP contribution in [0.2, 0.25) is 0 Å². The summed E-state index contributed by atoms with van der Waals surface area (Å²) in [6, 6.07) is 4.87. The molecule has 1 aromatic carbocycles. The van der Waals surface area contributed by atoms with Crippen molar-refractivity contribution in [1.82, 2.24) is 5.32 Å². The Morgan fingerprint density at radius 3 is 2.17 bits per heavy atom. The molecule has 0 spiro atoms. The van der Waals surface area contributed by atoms with Crippen LogP contribution in [0.15, 0.2) is 12.1 Å². The van der Waals surface area contributed by atoms with Gasteiger partial charge in [0, 0.05) is 6.54 Å². The molecule has 1 aliphatic rings. The third kappa shape index (κ3) is 2.61. The average Bonchev–Trinajstić information content (AvgIpc) is 2.25. The maximum absolute atomic E-state index is 3.51. The topological polar surface area (TPSA) is 12.0 Å². The third-order valence-electron chi connectivity index (χ3n) is 3.89. The molecule has 2 rings (SSSR count). The lowest BCUT2D eigenvalue weighted by Gasteiger charge is -2.31. The second-order valence-electron chi connectivity index (χ2n) is 7.59. The van der Waals surface area contributed by atoms with Crippen LogP contribution < -0.4 is 5.32 Å². The van der Waals surface area contributed by atoms with Crippen LogP contribution in [0.25, 0.3) is 0 Å². The van der Waals surface area contributed by atoms with Crippen molar-refractivity contribution in [2.45, 2.75) is 65.3 Å². The van der Waals surface area contributed by atoms with E-state index in [1.54, 1.807) is 11.1 Å². The van der Waals surface area contributed by atoms with E-state index in [0.29, 0.717) is 0 Å². The summed E-state index contributed by atoms with van der Waals surface area (Å²) in [5.74, 6) is 0. The van der Waals surface area contributed by atoms with E-state index in [2.05, 4.69) is 59.0 Å². The van der Waals surface area contributed by atoms with Gasteiger partial charge in [0.05, 0.1) is 0 Å². The third-order valence-corrected chi connectivity index (χ3v) is 3.89. The fourth-order valence-corrected chi connectivity index (χ4v) is 2.70. The Balaban J connectivity index is 2.63. The van der Waals surface area contributed by atoms with Gasteiger partial charge in [-0.05, 0) is 46.0 Å². The molecule has 0 atom stereocenters. The Labute approximate surface area is 112 Å². The Bertz CT molecular complexity index is 444.